The zero-order chi connectivity index (χ0) is 13.5. The smallest absolute Gasteiger partial charge is 0.271 e. The molecule has 100 valence electrons. The summed E-state index contributed by atoms with van der Waals surface area (Å²) in [5.41, 5.74) is 1.44. The lowest BCUT2D eigenvalue weighted by Crippen LogP contribution is -2.37. The summed E-state index contributed by atoms with van der Waals surface area (Å²) in [5, 5.41) is 17.4. The second kappa shape index (κ2) is 4.20. The van der Waals surface area contributed by atoms with Gasteiger partial charge in [0.25, 0.3) is 5.69 Å². The van der Waals surface area contributed by atoms with E-state index in [-0.39, 0.29) is 11.2 Å². The zero-order valence-electron chi connectivity index (χ0n) is 10.6. The molecule has 3 rings (SSSR count). The molecule has 1 aromatic carbocycles. The normalized spacial score (nSPS) is 22.8. The Morgan fingerprint density at radius 2 is 2.37 bits per heavy atom. The number of anilines is 1. The Morgan fingerprint density at radius 3 is 3.05 bits per heavy atom. The highest BCUT2D eigenvalue weighted by Gasteiger charge is 2.29. The highest BCUT2D eigenvalue weighted by atomic mass is 16.6. The fourth-order valence-electron chi connectivity index (χ4n) is 2.38. The van der Waals surface area contributed by atoms with Crippen molar-refractivity contribution >= 4 is 22.7 Å². The first-order valence-electron chi connectivity index (χ1n) is 6.19. The number of hydrogen-bond donors (Lipinski definition) is 3. The van der Waals surface area contributed by atoms with E-state index >= 15 is 0 Å². The summed E-state index contributed by atoms with van der Waals surface area (Å²) in [7, 11) is 0. The van der Waals surface area contributed by atoms with Crippen molar-refractivity contribution in [3.8, 4) is 0 Å². The van der Waals surface area contributed by atoms with E-state index in [1.165, 1.54) is 12.1 Å². The van der Waals surface area contributed by atoms with Gasteiger partial charge < -0.3 is 15.6 Å². The average Bonchev–Trinajstić information content (AvgIpc) is 2.94. The zero-order valence-corrected chi connectivity index (χ0v) is 10.6. The lowest BCUT2D eigenvalue weighted by atomic mass is 10.0. The predicted molar refractivity (Wildman–Crippen MR) is 72.3 cm³/mol. The summed E-state index contributed by atoms with van der Waals surface area (Å²) >= 11 is 0. The Bertz CT molecular complexity index is 630. The number of nitro groups is 1. The van der Waals surface area contributed by atoms with Crippen molar-refractivity contribution in [2.45, 2.75) is 18.9 Å². The third kappa shape index (κ3) is 2.24. The molecule has 2 aromatic rings. The van der Waals surface area contributed by atoms with Gasteiger partial charge in [0.05, 0.1) is 21.5 Å². The van der Waals surface area contributed by atoms with Gasteiger partial charge in [-0.25, -0.2) is 4.98 Å². The van der Waals surface area contributed by atoms with Crippen LogP contribution in [0.5, 0.6) is 0 Å². The van der Waals surface area contributed by atoms with Crippen molar-refractivity contribution in [2.75, 3.05) is 18.4 Å². The molecule has 0 amide bonds. The molecule has 1 fully saturated rings. The minimum Gasteiger partial charge on any atom is -0.349 e. The van der Waals surface area contributed by atoms with Gasteiger partial charge in [0.15, 0.2) is 0 Å². The molecule has 0 aliphatic carbocycles. The van der Waals surface area contributed by atoms with Gasteiger partial charge in [0.2, 0.25) is 5.95 Å². The molecule has 1 aliphatic rings. The van der Waals surface area contributed by atoms with Crippen LogP contribution in [0.4, 0.5) is 11.6 Å². The monoisotopic (exact) mass is 261 g/mol. The first-order chi connectivity index (χ1) is 9.06. The van der Waals surface area contributed by atoms with Gasteiger partial charge in [-0.3, -0.25) is 10.1 Å². The van der Waals surface area contributed by atoms with Crippen LogP contribution in [0.3, 0.4) is 0 Å². The van der Waals surface area contributed by atoms with E-state index in [9.17, 15) is 10.1 Å². The molecule has 0 bridgehead atoms. The highest BCUT2D eigenvalue weighted by molar-refractivity contribution is 5.80. The van der Waals surface area contributed by atoms with Crippen LogP contribution in [0.2, 0.25) is 0 Å². The minimum absolute atomic E-state index is 0.0280. The average molecular weight is 261 g/mol. The molecule has 0 radical (unpaired) electrons. The minimum atomic E-state index is -0.407. The van der Waals surface area contributed by atoms with Crippen LogP contribution in [0.25, 0.3) is 11.0 Å². The van der Waals surface area contributed by atoms with E-state index in [2.05, 4.69) is 27.5 Å². The fraction of sp³-hybridized carbons (Fsp3) is 0.417. The largest absolute Gasteiger partial charge is 0.349 e. The van der Waals surface area contributed by atoms with Crippen LogP contribution < -0.4 is 10.6 Å². The third-order valence-corrected chi connectivity index (χ3v) is 3.47. The van der Waals surface area contributed by atoms with Gasteiger partial charge in [0.1, 0.15) is 0 Å². The molecule has 1 unspecified atom stereocenters. The van der Waals surface area contributed by atoms with E-state index in [1.54, 1.807) is 6.07 Å². The van der Waals surface area contributed by atoms with Gasteiger partial charge in [0, 0.05) is 18.7 Å². The molecule has 1 atom stereocenters. The number of imidazole rings is 1. The molecule has 1 aromatic heterocycles. The summed E-state index contributed by atoms with van der Waals surface area (Å²) in [6, 6.07) is 4.62. The SMILES string of the molecule is CC1(Nc2nc3ccc([N+](=O)[O-])cc3[nH]2)CCNC1. The molecular weight excluding hydrogens is 246 g/mol. The Hall–Kier alpha value is -2.15. The molecule has 1 aliphatic heterocycles. The van der Waals surface area contributed by atoms with Crippen molar-refractivity contribution in [1.29, 1.82) is 0 Å². The summed E-state index contributed by atoms with van der Waals surface area (Å²) in [6.45, 7) is 3.99. The van der Waals surface area contributed by atoms with Crippen LogP contribution in [0.15, 0.2) is 18.2 Å². The van der Waals surface area contributed by atoms with Crippen LogP contribution >= 0.6 is 0 Å². The van der Waals surface area contributed by atoms with Crippen molar-refractivity contribution in [2.24, 2.45) is 0 Å². The summed E-state index contributed by atoms with van der Waals surface area (Å²) in [5.74, 6) is 0.654. The predicted octanol–water partition coefficient (Wildman–Crippen LogP) is 1.63. The standard InChI is InChI=1S/C12H15N5O2/c1-12(4-5-13-7-12)16-11-14-9-3-2-8(17(18)19)6-10(9)15-11/h2-3,6,13H,4-5,7H2,1H3,(H2,14,15,16). The van der Waals surface area contributed by atoms with Gasteiger partial charge in [-0.1, -0.05) is 0 Å². The van der Waals surface area contributed by atoms with E-state index in [0.717, 1.165) is 25.0 Å². The lowest BCUT2D eigenvalue weighted by molar-refractivity contribution is -0.384. The summed E-state index contributed by atoms with van der Waals surface area (Å²) in [4.78, 5) is 17.8. The molecule has 0 spiro atoms. The first-order valence-corrected chi connectivity index (χ1v) is 6.19. The Kier molecular flexibility index (Phi) is 2.63. The van der Waals surface area contributed by atoms with E-state index in [1.807, 2.05) is 0 Å². The second-order valence-electron chi connectivity index (χ2n) is 5.16. The van der Waals surface area contributed by atoms with Gasteiger partial charge in [-0.2, -0.15) is 0 Å². The van der Waals surface area contributed by atoms with Crippen LogP contribution in [-0.4, -0.2) is 33.5 Å². The van der Waals surface area contributed by atoms with Gasteiger partial charge in [-0.05, 0) is 26.0 Å². The van der Waals surface area contributed by atoms with Crippen LogP contribution in [0.1, 0.15) is 13.3 Å². The Balaban J connectivity index is 1.91. The number of aromatic amines is 1. The van der Waals surface area contributed by atoms with Gasteiger partial charge >= 0.3 is 0 Å². The van der Waals surface area contributed by atoms with Crippen molar-refractivity contribution in [3.05, 3.63) is 28.3 Å². The Morgan fingerprint density at radius 1 is 1.53 bits per heavy atom. The number of nitro benzene ring substituents is 1. The quantitative estimate of drug-likeness (QED) is 0.576. The number of hydrogen-bond acceptors (Lipinski definition) is 5. The molecule has 1 saturated heterocycles. The summed E-state index contributed by atoms with van der Waals surface area (Å²) in [6.07, 6.45) is 1.02. The molecule has 3 N–H and O–H groups in total. The maximum Gasteiger partial charge on any atom is 0.271 e. The number of nitrogens with one attached hydrogen (secondary N) is 3. The van der Waals surface area contributed by atoms with Crippen molar-refractivity contribution < 1.29 is 4.92 Å². The Labute approximate surface area is 109 Å². The number of nitrogens with zero attached hydrogens (tertiary/aromatic N) is 2. The molecular formula is C12H15N5O2. The van der Waals surface area contributed by atoms with E-state index in [0.29, 0.717) is 11.5 Å². The number of aromatic nitrogens is 2. The molecule has 19 heavy (non-hydrogen) atoms. The number of benzene rings is 1. The summed E-state index contributed by atoms with van der Waals surface area (Å²) < 4.78 is 0. The number of rotatable bonds is 3. The van der Waals surface area contributed by atoms with Crippen LogP contribution in [0, 0.1) is 10.1 Å². The number of non-ortho nitro benzene ring substituents is 1. The van der Waals surface area contributed by atoms with Gasteiger partial charge in [-0.15, -0.1) is 0 Å². The second-order valence-corrected chi connectivity index (χ2v) is 5.16. The first kappa shape index (κ1) is 11.9. The molecule has 2 heterocycles. The number of H-pyrrole nitrogens is 1. The highest BCUT2D eigenvalue weighted by Crippen LogP contribution is 2.24. The van der Waals surface area contributed by atoms with Crippen LogP contribution in [-0.2, 0) is 0 Å². The molecule has 7 heteroatoms. The topological polar surface area (TPSA) is 95.9 Å². The fourth-order valence-corrected chi connectivity index (χ4v) is 2.38. The maximum atomic E-state index is 10.7. The molecule has 0 saturated carbocycles. The van der Waals surface area contributed by atoms with Crippen molar-refractivity contribution in [1.82, 2.24) is 15.3 Å². The number of fused-ring (bicyclic) bond motifs is 1. The molecule has 7 nitrogen and oxygen atoms in total. The van der Waals surface area contributed by atoms with E-state index in [4.69, 9.17) is 0 Å². The van der Waals surface area contributed by atoms with E-state index < -0.39 is 4.92 Å². The maximum absolute atomic E-state index is 10.7. The van der Waals surface area contributed by atoms with Crippen molar-refractivity contribution in [3.63, 3.8) is 0 Å². The lowest BCUT2D eigenvalue weighted by Gasteiger charge is -2.23. The third-order valence-electron chi connectivity index (χ3n) is 3.47.